The Bertz CT molecular complexity index is 1370. The lowest BCUT2D eigenvalue weighted by Gasteiger charge is -2.19. The first-order chi connectivity index (χ1) is 17.0. The molecule has 0 bridgehead atoms. The Morgan fingerprint density at radius 3 is 2.83 bits per heavy atom. The molecule has 1 saturated carbocycles. The van der Waals surface area contributed by atoms with Crippen LogP contribution in [0.15, 0.2) is 43.0 Å². The van der Waals surface area contributed by atoms with E-state index in [1.165, 1.54) is 29.3 Å². The third-order valence-electron chi connectivity index (χ3n) is 5.93. The van der Waals surface area contributed by atoms with Crippen molar-refractivity contribution in [2.75, 3.05) is 11.9 Å². The monoisotopic (exact) mass is 520 g/mol. The standard InChI is InChI=1S/C22H25FN6O6S/c1-12-2-3-16(23)13(6-12)9-29-5-4-17(28-29)20(31)15-8-25-11-26-22(15)27-18-7-14(19(30)21(18)32)10-35-36(24,33)34/h2-6,8,11,14,18-19,21,30,32H,7,9-10H2,1H3,(H2,24,33,34)(H,25,26,27)/t14-,18-,19-,21+/m1/s1. The highest BCUT2D eigenvalue weighted by Crippen LogP contribution is 2.30. The highest BCUT2D eigenvalue weighted by atomic mass is 32.2. The van der Waals surface area contributed by atoms with Gasteiger partial charge in [0, 0.05) is 23.9 Å². The number of aliphatic hydroxyl groups excluding tert-OH is 2. The normalized spacial score (nSPS) is 22.0. The first kappa shape index (κ1) is 25.8. The van der Waals surface area contributed by atoms with Crippen molar-refractivity contribution in [1.82, 2.24) is 19.7 Å². The van der Waals surface area contributed by atoms with Crippen LogP contribution in [0, 0.1) is 18.7 Å². The molecule has 4 atom stereocenters. The maximum atomic E-state index is 14.1. The van der Waals surface area contributed by atoms with Crippen molar-refractivity contribution < 1.29 is 32.0 Å². The van der Waals surface area contributed by atoms with E-state index in [2.05, 4.69) is 24.6 Å². The summed E-state index contributed by atoms with van der Waals surface area (Å²) in [5, 5.41) is 32.7. The van der Waals surface area contributed by atoms with E-state index < -0.39 is 46.9 Å². The van der Waals surface area contributed by atoms with Crippen LogP contribution in [0.25, 0.3) is 0 Å². The molecule has 0 unspecified atom stereocenters. The molecule has 1 fully saturated rings. The van der Waals surface area contributed by atoms with Gasteiger partial charge >= 0.3 is 10.3 Å². The Morgan fingerprint density at radius 1 is 1.31 bits per heavy atom. The second-order valence-electron chi connectivity index (χ2n) is 8.61. The summed E-state index contributed by atoms with van der Waals surface area (Å²) in [6, 6.07) is 5.46. The summed E-state index contributed by atoms with van der Waals surface area (Å²) < 4.78 is 42.2. The molecule has 2 aromatic heterocycles. The number of carbonyl (C=O) groups excluding carboxylic acids is 1. The minimum Gasteiger partial charge on any atom is -0.390 e. The number of anilines is 1. The smallest absolute Gasteiger partial charge is 0.333 e. The fourth-order valence-electron chi connectivity index (χ4n) is 4.11. The Hall–Kier alpha value is -3.30. The molecule has 0 aliphatic heterocycles. The molecule has 14 heteroatoms. The average molecular weight is 521 g/mol. The van der Waals surface area contributed by atoms with Crippen molar-refractivity contribution in [2.24, 2.45) is 11.1 Å². The van der Waals surface area contributed by atoms with Crippen LogP contribution in [0.4, 0.5) is 10.2 Å². The summed E-state index contributed by atoms with van der Waals surface area (Å²) in [4.78, 5) is 21.2. The number of halogens is 1. The largest absolute Gasteiger partial charge is 0.390 e. The van der Waals surface area contributed by atoms with Gasteiger partial charge in [0.2, 0.25) is 5.78 Å². The molecule has 1 aliphatic rings. The zero-order valence-electron chi connectivity index (χ0n) is 19.2. The first-order valence-electron chi connectivity index (χ1n) is 10.9. The van der Waals surface area contributed by atoms with Crippen LogP contribution < -0.4 is 10.5 Å². The molecule has 1 aliphatic carbocycles. The van der Waals surface area contributed by atoms with Gasteiger partial charge < -0.3 is 15.5 Å². The summed E-state index contributed by atoms with van der Waals surface area (Å²) in [7, 11) is -4.21. The number of aliphatic hydroxyl groups is 2. The third-order valence-corrected chi connectivity index (χ3v) is 6.40. The van der Waals surface area contributed by atoms with E-state index in [9.17, 15) is 27.8 Å². The van der Waals surface area contributed by atoms with Crippen molar-refractivity contribution in [3.8, 4) is 0 Å². The molecule has 0 saturated heterocycles. The van der Waals surface area contributed by atoms with Crippen molar-refractivity contribution in [3.63, 3.8) is 0 Å². The van der Waals surface area contributed by atoms with Gasteiger partial charge in [-0.25, -0.2) is 19.5 Å². The second kappa shape index (κ2) is 10.4. The fraction of sp³-hybridized carbons (Fsp3) is 0.364. The van der Waals surface area contributed by atoms with Gasteiger partial charge in [0.05, 0.1) is 30.9 Å². The van der Waals surface area contributed by atoms with Crippen LogP contribution in [0.2, 0.25) is 0 Å². The quantitative estimate of drug-likeness (QED) is 0.283. The Kier molecular flexibility index (Phi) is 7.42. The molecule has 1 aromatic carbocycles. The third kappa shape index (κ3) is 5.91. The maximum absolute atomic E-state index is 14.1. The predicted molar refractivity (Wildman–Crippen MR) is 125 cm³/mol. The number of rotatable bonds is 9. The number of carbonyl (C=O) groups is 1. The minimum absolute atomic E-state index is 0.0652. The fourth-order valence-corrected chi connectivity index (χ4v) is 4.47. The number of aromatic nitrogens is 4. The van der Waals surface area contributed by atoms with Gasteiger partial charge in [0.15, 0.2) is 0 Å². The SMILES string of the molecule is Cc1ccc(F)c(Cn2ccc(C(=O)c3cncnc3N[C@@H]3C[C@H](COS(N)(=O)=O)[C@@H](O)[C@H]3O)n2)c1. The van der Waals surface area contributed by atoms with Crippen LogP contribution in [-0.4, -0.2) is 69.0 Å². The molecule has 36 heavy (non-hydrogen) atoms. The molecule has 192 valence electrons. The zero-order valence-corrected chi connectivity index (χ0v) is 20.0. The van der Waals surface area contributed by atoms with Gasteiger partial charge in [0.1, 0.15) is 29.8 Å². The summed E-state index contributed by atoms with van der Waals surface area (Å²) in [6.45, 7) is 1.57. The van der Waals surface area contributed by atoms with Crippen molar-refractivity contribution in [2.45, 2.75) is 38.1 Å². The topological polar surface area (TPSA) is 183 Å². The Balaban J connectivity index is 1.49. The molecule has 4 rings (SSSR count). The summed E-state index contributed by atoms with van der Waals surface area (Å²) >= 11 is 0. The molecule has 2 heterocycles. The predicted octanol–water partition coefficient (Wildman–Crippen LogP) is 0.142. The molecule has 12 nitrogen and oxygen atoms in total. The van der Waals surface area contributed by atoms with E-state index in [-0.39, 0.29) is 35.9 Å². The van der Waals surface area contributed by atoms with E-state index in [4.69, 9.17) is 5.14 Å². The molecule has 0 spiro atoms. The molecular formula is C22H25FN6O6S. The summed E-state index contributed by atoms with van der Waals surface area (Å²) in [6.07, 6.45) is 1.59. The average Bonchev–Trinajstić information content (AvgIpc) is 3.40. The maximum Gasteiger partial charge on any atom is 0.333 e. The van der Waals surface area contributed by atoms with Gasteiger partial charge in [-0.2, -0.15) is 13.5 Å². The number of nitrogens with two attached hydrogens (primary N) is 1. The number of nitrogens with one attached hydrogen (secondary N) is 1. The minimum atomic E-state index is -4.21. The Labute approximate surface area is 206 Å². The number of hydrogen-bond donors (Lipinski definition) is 4. The molecular weight excluding hydrogens is 495 g/mol. The van der Waals surface area contributed by atoms with Crippen molar-refractivity contribution >= 4 is 21.9 Å². The second-order valence-corrected chi connectivity index (χ2v) is 9.83. The van der Waals surface area contributed by atoms with Crippen LogP contribution in [-0.2, 0) is 21.0 Å². The number of hydrogen-bond acceptors (Lipinski definition) is 10. The van der Waals surface area contributed by atoms with Gasteiger partial charge in [-0.05, 0) is 25.5 Å². The molecule has 0 amide bonds. The number of aryl methyl sites for hydroxylation is 1. The van der Waals surface area contributed by atoms with Gasteiger partial charge in [0.25, 0.3) is 0 Å². The first-order valence-corrected chi connectivity index (χ1v) is 12.4. The lowest BCUT2D eigenvalue weighted by molar-refractivity contribution is 0.00778. The molecule has 3 aromatic rings. The lowest BCUT2D eigenvalue weighted by atomic mass is 10.1. The highest BCUT2D eigenvalue weighted by molar-refractivity contribution is 7.84. The van der Waals surface area contributed by atoms with Gasteiger partial charge in [-0.1, -0.05) is 17.7 Å². The van der Waals surface area contributed by atoms with E-state index >= 15 is 0 Å². The molecule has 5 N–H and O–H groups in total. The van der Waals surface area contributed by atoms with E-state index in [0.29, 0.717) is 5.56 Å². The van der Waals surface area contributed by atoms with E-state index in [1.807, 2.05) is 6.92 Å². The number of benzene rings is 1. The van der Waals surface area contributed by atoms with Crippen LogP contribution in [0.1, 0.15) is 33.6 Å². The summed E-state index contributed by atoms with van der Waals surface area (Å²) in [5.41, 5.74) is 1.46. The Morgan fingerprint density at radius 2 is 2.08 bits per heavy atom. The van der Waals surface area contributed by atoms with E-state index in [0.717, 1.165) is 5.56 Å². The van der Waals surface area contributed by atoms with Gasteiger partial charge in [-0.3, -0.25) is 13.7 Å². The zero-order chi connectivity index (χ0) is 26.0. The van der Waals surface area contributed by atoms with Crippen LogP contribution in [0.5, 0.6) is 0 Å². The number of nitrogens with zero attached hydrogens (tertiary/aromatic N) is 4. The van der Waals surface area contributed by atoms with E-state index in [1.54, 1.807) is 18.3 Å². The highest BCUT2D eigenvalue weighted by Gasteiger charge is 2.42. The molecule has 0 radical (unpaired) electrons. The van der Waals surface area contributed by atoms with Crippen molar-refractivity contribution in [1.29, 1.82) is 0 Å². The summed E-state index contributed by atoms with van der Waals surface area (Å²) in [5.74, 6) is -1.52. The van der Waals surface area contributed by atoms with Crippen molar-refractivity contribution in [3.05, 3.63) is 71.2 Å². The number of ketones is 1. The lowest BCUT2D eigenvalue weighted by Crippen LogP contribution is -2.36. The van der Waals surface area contributed by atoms with Gasteiger partial charge in [-0.15, -0.1) is 0 Å². The van der Waals surface area contributed by atoms with Crippen LogP contribution >= 0.6 is 0 Å². The van der Waals surface area contributed by atoms with Crippen LogP contribution in [0.3, 0.4) is 0 Å².